The molecule has 1 amide bonds. The highest BCUT2D eigenvalue weighted by atomic mass is 35.5. The molecule has 0 unspecified atom stereocenters. The molecule has 0 aliphatic carbocycles. The Bertz CT molecular complexity index is 1060. The van der Waals surface area contributed by atoms with Crippen molar-refractivity contribution in [3.8, 4) is 11.3 Å². The van der Waals surface area contributed by atoms with Gasteiger partial charge in [0.1, 0.15) is 17.0 Å². The standard InChI is InChI=1S/C19H19ClN4O3/c1-11-12(2)22-10-24(19(11)26)9-8-21-18(25)16-13(3)27-23-17(16)14-6-4-5-7-15(14)20/h4-7,10H,8-9H2,1-3H3,(H,21,25). The van der Waals surface area contributed by atoms with Gasteiger partial charge in [-0.3, -0.25) is 14.2 Å². The molecule has 0 fully saturated rings. The molecule has 2 heterocycles. The van der Waals surface area contributed by atoms with Crippen molar-refractivity contribution in [3.63, 3.8) is 0 Å². The summed E-state index contributed by atoms with van der Waals surface area (Å²) in [4.78, 5) is 29.0. The van der Waals surface area contributed by atoms with E-state index in [1.807, 2.05) is 6.07 Å². The van der Waals surface area contributed by atoms with Crippen molar-refractivity contribution in [1.82, 2.24) is 20.0 Å². The van der Waals surface area contributed by atoms with Crippen LogP contribution < -0.4 is 10.9 Å². The molecule has 1 N–H and O–H groups in total. The van der Waals surface area contributed by atoms with Gasteiger partial charge in [-0.05, 0) is 26.8 Å². The topological polar surface area (TPSA) is 90.0 Å². The van der Waals surface area contributed by atoms with Crippen LogP contribution in [0.5, 0.6) is 0 Å². The van der Waals surface area contributed by atoms with E-state index < -0.39 is 0 Å². The first kappa shape index (κ1) is 18.8. The fraction of sp³-hybridized carbons (Fsp3) is 0.263. The molecule has 27 heavy (non-hydrogen) atoms. The average Bonchev–Trinajstić information content (AvgIpc) is 3.03. The van der Waals surface area contributed by atoms with E-state index in [4.69, 9.17) is 16.1 Å². The van der Waals surface area contributed by atoms with E-state index in [2.05, 4.69) is 15.5 Å². The van der Waals surface area contributed by atoms with Crippen molar-refractivity contribution in [1.29, 1.82) is 0 Å². The molecular formula is C19H19ClN4O3. The summed E-state index contributed by atoms with van der Waals surface area (Å²) in [6.45, 7) is 5.75. The summed E-state index contributed by atoms with van der Waals surface area (Å²) in [5, 5.41) is 7.26. The summed E-state index contributed by atoms with van der Waals surface area (Å²) in [7, 11) is 0. The monoisotopic (exact) mass is 386 g/mol. The molecule has 0 saturated heterocycles. The van der Waals surface area contributed by atoms with E-state index >= 15 is 0 Å². The predicted molar refractivity (Wildman–Crippen MR) is 102 cm³/mol. The maximum absolute atomic E-state index is 12.7. The van der Waals surface area contributed by atoms with Crippen LogP contribution >= 0.6 is 11.6 Å². The summed E-state index contributed by atoms with van der Waals surface area (Å²) >= 11 is 6.22. The molecule has 140 valence electrons. The normalized spacial score (nSPS) is 10.8. The minimum absolute atomic E-state index is 0.116. The number of aryl methyl sites for hydroxylation is 2. The van der Waals surface area contributed by atoms with E-state index in [0.29, 0.717) is 45.4 Å². The first-order valence-electron chi connectivity index (χ1n) is 8.42. The van der Waals surface area contributed by atoms with Gasteiger partial charge in [-0.2, -0.15) is 0 Å². The van der Waals surface area contributed by atoms with Gasteiger partial charge in [0, 0.05) is 29.9 Å². The molecule has 8 heteroatoms. The SMILES string of the molecule is Cc1ncn(CCNC(=O)c2c(-c3ccccc3Cl)noc2C)c(=O)c1C. The molecular weight excluding hydrogens is 368 g/mol. The third-order valence-electron chi connectivity index (χ3n) is 4.37. The van der Waals surface area contributed by atoms with Gasteiger partial charge in [0.05, 0.1) is 11.3 Å². The Labute approximate surface area is 161 Å². The van der Waals surface area contributed by atoms with Gasteiger partial charge in [-0.15, -0.1) is 0 Å². The lowest BCUT2D eigenvalue weighted by atomic mass is 10.1. The van der Waals surface area contributed by atoms with Crippen LogP contribution in [0.3, 0.4) is 0 Å². The lowest BCUT2D eigenvalue weighted by Crippen LogP contribution is -2.32. The number of amides is 1. The van der Waals surface area contributed by atoms with Gasteiger partial charge >= 0.3 is 0 Å². The lowest BCUT2D eigenvalue weighted by Gasteiger charge is -2.09. The molecule has 0 saturated carbocycles. The van der Waals surface area contributed by atoms with Crippen molar-refractivity contribution in [2.24, 2.45) is 0 Å². The van der Waals surface area contributed by atoms with Crippen LogP contribution in [0.15, 0.2) is 39.9 Å². The minimum atomic E-state index is -0.339. The summed E-state index contributed by atoms with van der Waals surface area (Å²) in [5.74, 6) is 0.0564. The second kappa shape index (κ2) is 7.75. The Hall–Kier alpha value is -2.93. The molecule has 1 aromatic carbocycles. The Balaban J connectivity index is 1.76. The van der Waals surface area contributed by atoms with Gasteiger partial charge in [-0.25, -0.2) is 4.98 Å². The first-order chi connectivity index (χ1) is 12.9. The maximum atomic E-state index is 12.7. The number of carbonyl (C=O) groups excluding carboxylic acids is 1. The predicted octanol–water partition coefficient (Wildman–Crippen LogP) is 2.91. The van der Waals surface area contributed by atoms with Crippen LogP contribution in [0.1, 0.15) is 27.4 Å². The van der Waals surface area contributed by atoms with Crippen molar-refractivity contribution >= 4 is 17.5 Å². The van der Waals surface area contributed by atoms with Crippen molar-refractivity contribution in [2.45, 2.75) is 27.3 Å². The molecule has 0 aliphatic rings. The molecule has 0 bridgehead atoms. The van der Waals surface area contributed by atoms with Gasteiger partial charge in [0.2, 0.25) is 0 Å². The number of halogens is 1. The minimum Gasteiger partial charge on any atom is -0.360 e. The van der Waals surface area contributed by atoms with E-state index in [1.165, 1.54) is 10.9 Å². The third kappa shape index (κ3) is 3.78. The van der Waals surface area contributed by atoms with Crippen molar-refractivity contribution in [3.05, 3.63) is 68.6 Å². The molecule has 0 aliphatic heterocycles. The zero-order valence-corrected chi connectivity index (χ0v) is 16.0. The first-order valence-corrected chi connectivity index (χ1v) is 8.80. The van der Waals surface area contributed by atoms with Gasteiger partial charge < -0.3 is 9.84 Å². The molecule has 0 spiro atoms. The average molecular weight is 387 g/mol. The largest absolute Gasteiger partial charge is 0.360 e. The number of hydrogen-bond donors (Lipinski definition) is 1. The number of hydrogen-bond acceptors (Lipinski definition) is 5. The van der Waals surface area contributed by atoms with E-state index in [-0.39, 0.29) is 18.0 Å². The highest BCUT2D eigenvalue weighted by Crippen LogP contribution is 2.30. The second-order valence-electron chi connectivity index (χ2n) is 6.15. The second-order valence-corrected chi connectivity index (χ2v) is 6.56. The number of nitrogens with one attached hydrogen (secondary N) is 1. The smallest absolute Gasteiger partial charge is 0.257 e. The Morgan fingerprint density at radius 2 is 2.00 bits per heavy atom. The number of aromatic nitrogens is 3. The molecule has 0 radical (unpaired) electrons. The molecule has 3 rings (SSSR count). The van der Waals surface area contributed by atoms with Crippen LogP contribution in [0.25, 0.3) is 11.3 Å². The highest BCUT2D eigenvalue weighted by molar-refractivity contribution is 6.33. The van der Waals surface area contributed by atoms with Crippen molar-refractivity contribution < 1.29 is 9.32 Å². The summed E-state index contributed by atoms with van der Waals surface area (Å²) < 4.78 is 6.67. The van der Waals surface area contributed by atoms with Gasteiger partial charge in [0.25, 0.3) is 11.5 Å². The molecule has 3 aromatic rings. The quantitative estimate of drug-likeness (QED) is 0.728. The van der Waals surface area contributed by atoms with Crippen LogP contribution in [0, 0.1) is 20.8 Å². The fourth-order valence-electron chi connectivity index (χ4n) is 2.69. The van der Waals surface area contributed by atoms with Gasteiger partial charge in [-0.1, -0.05) is 35.0 Å². The van der Waals surface area contributed by atoms with Crippen LogP contribution in [0.4, 0.5) is 0 Å². The molecule has 7 nitrogen and oxygen atoms in total. The third-order valence-corrected chi connectivity index (χ3v) is 4.70. The number of rotatable bonds is 5. The number of nitrogens with zero attached hydrogens (tertiary/aromatic N) is 3. The highest BCUT2D eigenvalue weighted by Gasteiger charge is 2.22. The summed E-state index contributed by atoms with van der Waals surface area (Å²) in [5.41, 5.74) is 2.52. The lowest BCUT2D eigenvalue weighted by molar-refractivity contribution is 0.0951. The zero-order chi connectivity index (χ0) is 19.6. The van der Waals surface area contributed by atoms with Crippen LogP contribution in [-0.2, 0) is 6.54 Å². The van der Waals surface area contributed by atoms with Crippen molar-refractivity contribution in [2.75, 3.05) is 6.54 Å². The summed E-state index contributed by atoms with van der Waals surface area (Å²) in [6.07, 6.45) is 1.48. The van der Waals surface area contributed by atoms with E-state index in [1.54, 1.807) is 39.0 Å². The van der Waals surface area contributed by atoms with E-state index in [9.17, 15) is 9.59 Å². The Morgan fingerprint density at radius 1 is 1.26 bits per heavy atom. The molecule has 2 aromatic heterocycles. The van der Waals surface area contributed by atoms with Gasteiger partial charge in [0.15, 0.2) is 0 Å². The number of carbonyl (C=O) groups is 1. The summed E-state index contributed by atoms with van der Waals surface area (Å²) in [6, 6.07) is 7.11. The maximum Gasteiger partial charge on any atom is 0.257 e. The van der Waals surface area contributed by atoms with Crippen LogP contribution in [0.2, 0.25) is 5.02 Å². The Kier molecular flexibility index (Phi) is 5.41. The molecule has 0 atom stereocenters. The Morgan fingerprint density at radius 3 is 2.74 bits per heavy atom. The fourth-order valence-corrected chi connectivity index (χ4v) is 2.92. The number of benzene rings is 1. The van der Waals surface area contributed by atoms with Crippen LogP contribution in [-0.4, -0.2) is 27.2 Å². The zero-order valence-electron chi connectivity index (χ0n) is 15.2. The van der Waals surface area contributed by atoms with E-state index in [0.717, 1.165) is 0 Å².